The third kappa shape index (κ3) is 4.09. The van der Waals surface area contributed by atoms with Crippen LogP contribution in [0.4, 0.5) is 13.2 Å². The molecule has 0 aliphatic carbocycles. The van der Waals surface area contributed by atoms with Crippen molar-refractivity contribution in [3.8, 4) is 0 Å². The van der Waals surface area contributed by atoms with E-state index in [1.54, 1.807) is 12.1 Å². The van der Waals surface area contributed by atoms with E-state index in [1.165, 1.54) is 6.07 Å². The summed E-state index contributed by atoms with van der Waals surface area (Å²) in [6, 6.07) is 9.41. The average Bonchev–Trinajstić information content (AvgIpc) is 3.01. The number of fused-ring (bicyclic) bond motifs is 1. The number of nitrogens with zero attached hydrogens (tertiary/aromatic N) is 3. The standard InChI is InChI=1S/C20H20F3N3O3/c1-18(2,3)12-5-4-6-13(9-12)19(29,17(27)28)11-26-24-15-8-7-14(20(21,22)23)10-16(15)25-26/h4-10,29H,11H2,1-3H3,(H,27,28). The van der Waals surface area contributed by atoms with Gasteiger partial charge >= 0.3 is 12.1 Å². The number of aromatic nitrogens is 3. The van der Waals surface area contributed by atoms with Gasteiger partial charge in [-0.25, -0.2) is 4.79 Å². The number of alkyl halides is 3. The molecule has 9 heteroatoms. The van der Waals surface area contributed by atoms with Crippen molar-refractivity contribution >= 4 is 17.0 Å². The van der Waals surface area contributed by atoms with Gasteiger partial charge in [-0.3, -0.25) is 0 Å². The van der Waals surface area contributed by atoms with Crippen molar-refractivity contribution < 1.29 is 28.2 Å². The van der Waals surface area contributed by atoms with Gasteiger partial charge in [-0.05, 0) is 34.7 Å². The maximum atomic E-state index is 12.9. The second-order valence-corrected chi connectivity index (χ2v) is 7.93. The van der Waals surface area contributed by atoms with Gasteiger partial charge in [-0.1, -0.05) is 45.0 Å². The molecule has 2 N–H and O–H groups in total. The minimum atomic E-state index is -4.53. The average molecular weight is 407 g/mol. The molecular weight excluding hydrogens is 387 g/mol. The minimum Gasteiger partial charge on any atom is -0.479 e. The van der Waals surface area contributed by atoms with Crippen LogP contribution in [0.3, 0.4) is 0 Å². The summed E-state index contributed by atoms with van der Waals surface area (Å²) in [5, 5.41) is 28.6. The van der Waals surface area contributed by atoms with Crippen LogP contribution >= 0.6 is 0 Å². The third-order valence-corrected chi connectivity index (χ3v) is 4.68. The molecule has 1 aromatic heterocycles. The van der Waals surface area contributed by atoms with E-state index >= 15 is 0 Å². The molecule has 154 valence electrons. The van der Waals surface area contributed by atoms with Crippen LogP contribution in [0.2, 0.25) is 0 Å². The van der Waals surface area contributed by atoms with Crippen LogP contribution in [0.25, 0.3) is 11.0 Å². The molecule has 0 radical (unpaired) electrons. The van der Waals surface area contributed by atoms with Crippen molar-refractivity contribution in [3.63, 3.8) is 0 Å². The SMILES string of the molecule is CC(C)(C)c1cccc(C(O)(Cn2nc3ccc(C(F)(F)F)cc3n2)C(=O)O)c1. The zero-order valence-corrected chi connectivity index (χ0v) is 16.0. The van der Waals surface area contributed by atoms with Crippen LogP contribution in [-0.2, 0) is 28.5 Å². The number of benzene rings is 2. The molecule has 0 saturated heterocycles. The van der Waals surface area contributed by atoms with Crippen LogP contribution in [0.5, 0.6) is 0 Å². The number of carbonyl (C=O) groups is 1. The van der Waals surface area contributed by atoms with Crippen molar-refractivity contribution in [3.05, 3.63) is 59.2 Å². The van der Waals surface area contributed by atoms with Gasteiger partial charge in [-0.2, -0.15) is 28.2 Å². The van der Waals surface area contributed by atoms with Gasteiger partial charge in [0.05, 0.1) is 5.56 Å². The second kappa shape index (κ2) is 6.84. The number of carboxylic acid groups (broad SMARTS) is 1. The molecule has 0 saturated carbocycles. The lowest BCUT2D eigenvalue weighted by Gasteiger charge is -2.26. The lowest BCUT2D eigenvalue weighted by molar-refractivity contribution is -0.162. The summed E-state index contributed by atoms with van der Waals surface area (Å²) in [6.07, 6.45) is -4.53. The van der Waals surface area contributed by atoms with Gasteiger partial charge in [0.2, 0.25) is 5.60 Å². The molecule has 6 nitrogen and oxygen atoms in total. The van der Waals surface area contributed by atoms with Crippen molar-refractivity contribution in [1.82, 2.24) is 15.0 Å². The predicted molar refractivity (Wildman–Crippen MR) is 99.2 cm³/mol. The summed E-state index contributed by atoms with van der Waals surface area (Å²) in [4.78, 5) is 12.8. The third-order valence-electron chi connectivity index (χ3n) is 4.68. The van der Waals surface area contributed by atoms with Gasteiger partial charge in [-0.15, -0.1) is 0 Å². The highest BCUT2D eigenvalue weighted by Gasteiger charge is 2.40. The topological polar surface area (TPSA) is 88.2 Å². The Morgan fingerprint density at radius 1 is 0.966 bits per heavy atom. The van der Waals surface area contributed by atoms with E-state index in [9.17, 15) is 28.2 Å². The monoisotopic (exact) mass is 407 g/mol. The highest BCUT2D eigenvalue weighted by Crippen LogP contribution is 2.32. The predicted octanol–water partition coefficient (Wildman–Crippen LogP) is 3.72. The van der Waals surface area contributed by atoms with Gasteiger partial charge in [0, 0.05) is 0 Å². The first kappa shape index (κ1) is 20.8. The Morgan fingerprint density at radius 2 is 1.59 bits per heavy atom. The Labute approximate surface area is 164 Å². The van der Waals surface area contributed by atoms with Crippen molar-refractivity contribution in [1.29, 1.82) is 0 Å². The van der Waals surface area contributed by atoms with E-state index in [0.29, 0.717) is 0 Å². The number of carboxylic acids is 1. The number of aliphatic carboxylic acids is 1. The summed E-state index contributed by atoms with van der Waals surface area (Å²) >= 11 is 0. The van der Waals surface area contributed by atoms with Crippen LogP contribution in [-0.4, -0.2) is 31.2 Å². The maximum absolute atomic E-state index is 12.9. The van der Waals surface area contributed by atoms with E-state index in [2.05, 4.69) is 10.2 Å². The maximum Gasteiger partial charge on any atom is 0.416 e. The summed E-state index contributed by atoms with van der Waals surface area (Å²) in [5.41, 5.74) is -2.45. The normalized spacial score (nSPS) is 14.7. The number of halogens is 3. The molecule has 0 bridgehead atoms. The Hall–Kier alpha value is -2.94. The quantitative estimate of drug-likeness (QED) is 0.688. The van der Waals surface area contributed by atoms with Crippen molar-refractivity contribution in [2.45, 2.75) is 44.5 Å². The number of hydrogen-bond donors (Lipinski definition) is 2. The highest BCUT2D eigenvalue weighted by molar-refractivity contribution is 5.79. The number of hydrogen-bond acceptors (Lipinski definition) is 4. The smallest absolute Gasteiger partial charge is 0.416 e. The molecule has 0 aliphatic rings. The summed E-state index contributed by atoms with van der Waals surface area (Å²) in [7, 11) is 0. The van der Waals surface area contributed by atoms with Gasteiger partial charge < -0.3 is 10.2 Å². The summed E-state index contributed by atoms with van der Waals surface area (Å²) in [6.45, 7) is 5.29. The van der Waals surface area contributed by atoms with Crippen LogP contribution in [0.15, 0.2) is 42.5 Å². The minimum absolute atomic E-state index is 0.0454. The fourth-order valence-corrected chi connectivity index (χ4v) is 2.94. The first-order valence-electron chi connectivity index (χ1n) is 8.79. The molecule has 0 amide bonds. The van der Waals surface area contributed by atoms with E-state index < -0.39 is 29.9 Å². The lowest BCUT2D eigenvalue weighted by Crippen LogP contribution is -2.40. The largest absolute Gasteiger partial charge is 0.479 e. The zero-order chi connectivity index (χ0) is 21.6. The Kier molecular flexibility index (Phi) is 4.90. The fourth-order valence-electron chi connectivity index (χ4n) is 2.94. The van der Waals surface area contributed by atoms with E-state index in [-0.39, 0.29) is 22.0 Å². The Morgan fingerprint density at radius 3 is 2.17 bits per heavy atom. The van der Waals surface area contributed by atoms with E-state index in [1.807, 2.05) is 26.8 Å². The summed E-state index contributed by atoms with van der Waals surface area (Å²) in [5.74, 6) is -1.51. The van der Waals surface area contributed by atoms with Gasteiger partial charge in [0.1, 0.15) is 17.6 Å². The van der Waals surface area contributed by atoms with Crippen molar-refractivity contribution in [2.24, 2.45) is 0 Å². The van der Waals surface area contributed by atoms with E-state index in [0.717, 1.165) is 28.6 Å². The van der Waals surface area contributed by atoms with Crippen LogP contribution in [0, 0.1) is 0 Å². The van der Waals surface area contributed by atoms with Gasteiger partial charge in [0.15, 0.2) is 0 Å². The fraction of sp³-hybridized carbons (Fsp3) is 0.350. The second-order valence-electron chi connectivity index (χ2n) is 7.93. The molecule has 2 aromatic carbocycles. The molecule has 1 unspecified atom stereocenters. The molecule has 29 heavy (non-hydrogen) atoms. The highest BCUT2D eigenvalue weighted by atomic mass is 19.4. The van der Waals surface area contributed by atoms with Crippen LogP contribution in [0.1, 0.15) is 37.5 Å². The lowest BCUT2D eigenvalue weighted by atomic mass is 9.83. The molecule has 0 aliphatic heterocycles. The van der Waals surface area contributed by atoms with E-state index in [4.69, 9.17) is 0 Å². The first-order chi connectivity index (χ1) is 13.3. The first-order valence-corrected chi connectivity index (χ1v) is 8.79. The molecule has 3 aromatic rings. The zero-order valence-electron chi connectivity index (χ0n) is 16.0. The number of aliphatic hydroxyl groups is 1. The van der Waals surface area contributed by atoms with Gasteiger partial charge in [0.25, 0.3) is 0 Å². The van der Waals surface area contributed by atoms with Crippen LogP contribution < -0.4 is 0 Å². The molecular formula is C20H20F3N3O3. The summed E-state index contributed by atoms with van der Waals surface area (Å²) < 4.78 is 38.6. The Balaban J connectivity index is 2.02. The molecule has 0 spiro atoms. The molecule has 3 rings (SSSR count). The molecule has 0 fully saturated rings. The van der Waals surface area contributed by atoms with Crippen molar-refractivity contribution in [2.75, 3.05) is 0 Å². The Bertz CT molecular complexity index is 1070. The number of rotatable bonds is 4. The molecule has 1 atom stereocenters. The molecule has 1 heterocycles.